The first-order valence-corrected chi connectivity index (χ1v) is 6.79. The van der Waals surface area contributed by atoms with Crippen LogP contribution in [-0.2, 0) is 4.74 Å². The first-order valence-electron chi connectivity index (χ1n) is 6.79. The maximum Gasteiger partial charge on any atom is 0.0616 e. The maximum atomic E-state index is 5.79. The molecule has 94 valence electrons. The van der Waals surface area contributed by atoms with Crippen LogP contribution in [0.25, 0.3) is 0 Å². The van der Waals surface area contributed by atoms with Crippen LogP contribution < -0.4 is 5.32 Å². The fraction of sp³-hybridized carbons (Fsp3) is 0.857. The third kappa shape index (κ3) is 3.91. The third-order valence-electron chi connectivity index (χ3n) is 3.52. The van der Waals surface area contributed by atoms with Crippen LogP contribution in [0.2, 0.25) is 0 Å². The highest BCUT2D eigenvalue weighted by Gasteiger charge is 2.32. The second-order valence-electron chi connectivity index (χ2n) is 4.70. The number of ether oxygens (including phenoxy) is 1. The minimum atomic E-state index is 0.471. The lowest BCUT2D eigenvalue weighted by Crippen LogP contribution is -2.40. The molecule has 1 fully saturated rings. The predicted octanol–water partition coefficient (Wildman–Crippen LogP) is 3.14. The molecule has 1 saturated heterocycles. The molecule has 1 aliphatic rings. The molecule has 1 heterocycles. The summed E-state index contributed by atoms with van der Waals surface area (Å²) in [5.74, 6) is 0.705. The third-order valence-corrected chi connectivity index (χ3v) is 3.52. The van der Waals surface area contributed by atoms with E-state index in [2.05, 4.69) is 25.7 Å². The molecule has 0 aromatic carbocycles. The van der Waals surface area contributed by atoms with Gasteiger partial charge in [0.1, 0.15) is 0 Å². The first-order chi connectivity index (χ1) is 7.83. The molecule has 2 heteroatoms. The van der Waals surface area contributed by atoms with Crippen LogP contribution in [0.15, 0.2) is 12.7 Å². The lowest BCUT2D eigenvalue weighted by Gasteiger charge is -2.28. The average Bonchev–Trinajstić information content (AvgIpc) is 2.77. The molecule has 2 nitrogen and oxygen atoms in total. The van der Waals surface area contributed by atoms with Crippen molar-refractivity contribution in [1.29, 1.82) is 0 Å². The van der Waals surface area contributed by atoms with Crippen molar-refractivity contribution in [2.45, 2.75) is 58.1 Å². The molecular weight excluding hydrogens is 198 g/mol. The number of nitrogens with one attached hydrogen (secondary N) is 1. The normalized spacial score (nSPS) is 26.9. The molecule has 1 aliphatic heterocycles. The van der Waals surface area contributed by atoms with Crippen LogP contribution in [0.4, 0.5) is 0 Å². The minimum Gasteiger partial charge on any atom is -0.378 e. The van der Waals surface area contributed by atoms with Gasteiger partial charge in [0, 0.05) is 18.6 Å². The largest absolute Gasteiger partial charge is 0.378 e. The summed E-state index contributed by atoms with van der Waals surface area (Å²) in [6.07, 6.45) is 8.37. The molecule has 0 bridgehead atoms. The van der Waals surface area contributed by atoms with Crippen LogP contribution in [0.5, 0.6) is 0 Å². The number of allylic oxidation sites excluding steroid dienone is 1. The van der Waals surface area contributed by atoms with Crippen molar-refractivity contribution in [3.05, 3.63) is 12.7 Å². The Labute approximate surface area is 100 Å². The lowest BCUT2D eigenvalue weighted by molar-refractivity contribution is 0.0765. The molecule has 0 radical (unpaired) electrons. The maximum absolute atomic E-state index is 5.79. The molecule has 0 aromatic heterocycles. The van der Waals surface area contributed by atoms with E-state index in [-0.39, 0.29) is 0 Å². The van der Waals surface area contributed by atoms with Crippen molar-refractivity contribution in [2.75, 3.05) is 13.2 Å². The molecule has 3 unspecified atom stereocenters. The van der Waals surface area contributed by atoms with Crippen molar-refractivity contribution in [3.63, 3.8) is 0 Å². The summed E-state index contributed by atoms with van der Waals surface area (Å²) < 4.78 is 5.79. The highest BCUT2D eigenvalue weighted by molar-refractivity contribution is 4.87. The van der Waals surface area contributed by atoms with Gasteiger partial charge in [-0.2, -0.15) is 0 Å². The zero-order chi connectivity index (χ0) is 11.8. The SMILES string of the molecule is C=CCCC(NCCC)C1CCOC1CC. The van der Waals surface area contributed by atoms with E-state index in [1.54, 1.807) is 0 Å². The molecule has 0 saturated carbocycles. The summed E-state index contributed by atoms with van der Waals surface area (Å²) >= 11 is 0. The van der Waals surface area contributed by atoms with Crippen molar-refractivity contribution in [2.24, 2.45) is 5.92 Å². The van der Waals surface area contributed by atoms with Gasteiger partial charge < -0.3 is 10.1 Å². The van der Waals surface area contributed by atoms with Crippen molar-refractivity contribution >= 4 is 0 Å². The highest BCUT2D eigenvalue weighted by Crippen LogP contribution is 2.28. The number of rotatable bonds is 8. The Balaban J connectivity index is 2.48. The van der Waals surface area contributed by atoms with Gasteiger partial charge in [0.25, 0.3) is 0 Å². The summed E-state index contributed by atoms with van der Waals surface area (Å²) in [6.45, 7) is 10.3. The molecule has 0 aliphatic carbocycles. The molecule has 0 amide bonds. The predicted molar refractivity (Wildman–Crippen MR) is 69.7 cm³/mol. The highest BCUT2D eigenvalue weighted by atomic mass is 16.5. The molecular formula is C14H27NO. The van der Waals surface area contributed by atoms with Gasteiger partial charge in [0.05, 0.1) is 6.10 Å². The van der Waals surface area contributed by atoms with E-state index in [0.717, 1.165) is 26.0 Å². The van der Waals surface area contributed by atoms with E-state index in [4.69, 9.17) is 4.74 Å². The summed E-state index contributed by atoms with van der Waals surface area (Å²) in [5.41, 5.74) is 0. The molecule has 1 N–H and O–H groups in total. The summed E-state index contributed by atoms with van der Waals surface area (Å²) in [4.78, 5) is 0. The van der Waals surface area contributed by atoms with Gasteiger partial charge >= 0.3 is 0 Å². The molecule has 0 spiro atoms. The fourth-order valence-electron chi connectivity index (χ4n) is 2.64. The standard InChI is InChI=1S/C14H27NO/c1-4-7-8-13(15-10-5-2)12-9-11-16-14(12)6-3/h4,12-15H,1,5-11H2,2-3H3. The minimum absolute atomic E-state index is 0.471. The van der Waals surface area contributed by atoms with Crippen LogP contribution in [0.3, 0.4) is 0 Å². The van der Waals surface area contributed by atoms with E-state index in [9.17, 15) is 0 Å². The zero-order valence-corrected chi connectivity index (χ0v) is 10.9. The van der Waals surface area contributed by atoms with E-state index in [1.807, 2.05) is 6.08 Å². The second kappa shape index (κ2) is 7.86. The van der Waals surface area contributed by atoms with Crippen molar-refractivity contribution < 1.29 is 4.74 Å². The smallest absolute Gasteiger partial charge is 0.0616 e. The van der Waals surface area contributed by atoms with E-state index >= 15 is 0 Å². The Morgan fingerprint density at radius 3 is 2.94 bits per heavy atom. The molecule has 16 heavy (non-hydrogen) atoms. The Bertz CT molecular complexity index is 193. The van der Waals surface area contributed by atoms with Gasteiger partial charge in [0.15, 0.2) is 0 Å². The molecule has 3 atom stereocenters. The zero-order valence-electron chi connectivity index (χ0n) is 10.9. The van der Waals surface area contributed by atoms with Crippen LogP contribution >= 0.6 is 0 Å². The van der Waals surface area contributed by atoms with Crippen molar-refractivity contribution in [3.8, 4) is 0 Å². The van der Waals surface area contributed by atoms with E-state index < -0.39 is 0 Å². The summed E-state index contributed by atoms with van der Waals surface area (Å²) in [6, 6.07) is 0.616. The quantitative estimate of drug-likeness (QED) is 0.641. The topological polar surface area (TPSA) is 21.3 Å². The van der Waals surface area contributed by atoms with Gasteiger partial charge in [-0.1, -0.05) is 19.9 Å². The first kappa shape index (κ1) is 13.7. The van der Waals surface area contributed by atoms with E-state index in [0.29, 0.717) is 18.1 Å². The van der Waals surface area contributed by atoms with Crippen LogP contribution in [-0.4, -0.2) is 25.3 Å². The lowest BCUT2D eigenvalue weighted by atomic mass is 9.88. The van der Waals surface area contributed by atoms with Crippen LogP contribution in [0.1, 0.15) is 46.0 Å². The van der Waals surface area contributed by atoms with Crippen molar-refractivity contribution in [1.82, 2.24) is 5.32 Å². The Hall–Kier alpha value is -0.340. The van der Waals surface area contributed by atoms with Crippen LogP contribution in [0, 0.1) is 5.92 Å². The monoisotopic (exact) mass is 225 g/mol. The number of hydrogen-bond acceptors (Lipinski definition) is 2. The second-order valence-corrected chi connectivity index (χ2v) is 4.70. The van der Waals surface area contributed by atoms with Gasteiger partial charge in [-0.3, -0.25) is 0 Å². The van der Waals surface area contributed by atoms with Gasteiger partial charge in [0.2, 0.25) is 0 Å². The average molecular weight is 225 g/mol. The molecule has 1 rings (SSSR count). The van der Waals surface area contributed by atoms with E-state index in [1.165, 1.54) is 19.3 Å². The summed E-state index contributed by atoms with van der Waals surface area (Å²) in [5, 5.41) is 3.68. The number of hydrogen-bond donors (Lipinski definition) is 1. The van der Waals surface area contributed by atoms with Gasteiger partial charge in [-0.25, -0.2) is 0 Å². The fourth-order valence-corrected chi connectivity index (χ4v) is 2.64. The van der Waals surface area contributed by atoms with Gasteiger partial charge in [-0.15, -0.1) is 6.58 Å². The Morgan fingerprint density at radius 2 is 2.31 bits per heavy atom. The summed E-state index contributed by atoms with van der Waals surface area (Å²) in [7, 11) is 0. The van der Waals surface area contributed by atoms with Gasteiger partial charge in [-0.05, 0) is 38.6 Å². The Morgan fingerprint density at radius 1 is 1.50 bits per heavy atom. The molecule has 0 aromatic rings. The Kier molecular flexibility index (Phi) is 6.74.